The van der Waals surface area contributed by atoms with Crippen molar-refractivity contribution in [1.29, 1.82) is 0 Å². The number of anilines is 1. The van der Waals surface area contributed by atoms with Crippen LogP contribution < -0.4 is 10.2 Å². The van der Waals surface area contributed by atoms with E-state index in [0.717, 1.165) is 32.7 Å². The second kappa shape index (κ2) is 8.03. The molecule has 116 valence electrons. The first kappa shape index (κ1) is 15.8. The first-order valence-electron chi connectivity index (χ1n) is 7.83. The van der Waals surface area contributed by atoms with Gasteiger partial charge in [-0.1, -0.05) is 26.0 Å². The molecule has 0 aliphatic carbocycles. The molecule has 0 atom stereocenters. The summed E-state index contributed by atoms with van der Waals surface area (Å²) < 4.78 is 5.37. The van der Waals surface area contributed by atoms with Gasteiger partial charge in [-0.3, -0.25) is 4.79 Å². The number of nitrogens with one attached hydrogen (secondary N) is 1. The molecule has 1 aliphatic rings. The highest BCUT2D eigenvalue weighted by molar-refractivity contribution is 5.76. The van der Waals surface area contributed by atoms with Crippen LogP contribution in [0.4, 0.5) is 5.69 Å². The van der Waals surface area contributed by atoms with Crippen molar-refractivity contribution >= 4 is 11.6 Å². The Balaban J connectivity index is 1.75. The van der Waals surface area contributed by atoms with E-state index in [1.807, 2.05) is 0 Å². The van der Waals surface area contributed by atoms with Gasteiger partial charge in [0.15, 0.2) is 0 Å². The largest absolute Gasteiger partial charge is 0.378 e. The summed E-state index contributed by atoms with van der Waals surface area (Å²) in [5.74, 6) is 0.563. The molecule has 0 saturated carbocycles. The molecule has 0 radical (unpaired) electrons. The van der Waals surface area contributed by atoms with Crippen molar-refractivity contribution < 1.29 is 9.53 Å². The number of hydrogen-bond acceptors (Lipinski definition) is 3. The first-order valence-corrected chi connectivity index (χ1v) is 7.83. The molecular weight excluding hydrogens is 264 g/mol. The van der Waals surface area contributed by atoms with Crippen molar-refractivity contribution in [3.63, 3.8) is 0 Å². The fourth-order valence-corrected chi connectivity index (χ4v) is 2.48. The Morgan fingerprint density at radius 1 is 1.24 bits per heavy atom. The summed E-state index contributed by atoms with van der Waals surface area (Å²) in [7, 11) is 0. The Hall–Kier alpha value is -1.55. The Morgan fingerprint density at radius 3 is 2.52 bits per heavy atom. The number of carbonyl (C=O) groups is 1. The number of rotatable bonds is 6. The Morgan fingerprint density at radius 2 is 1.90 bits per heavy atom. The molecular formula is C17H26N2O2. The number of morpholine rings is 1. The molecule has 1 saturated heterocycles. The quantitative estimate of drug-likeness (QED) is 0.873. The zero-order valence-corrected chi connectivity index (χ0v) is 13.1. The lowest BCUT2D eigenvalue weighted by atomic mass is 10.1. The van der Waals surface area contributed by atoms with Gasteiger partial charge in [0, 0.05) is 31.7 Å². The third-order valence-corrected chi connectivity index (χ3v) is 3.64. The average molecular weight is 290 g/mol. The molecule has 1 aliphatic heterocycles. The monoisotopic (exact) mass is 290 g/mol. The highest BCUT2D eigenvalue weighted by Gasteiger charge is 2.10. The molecule has 2 rings (SSSR count). The molecule has 1 amide bonds. The van der Waals surface area contributed by atoms with E-state index >= 15 is 0 Å². The second-order valence-corrected chi connectivity index (χ2v) is 5.96. The third kappa shape index (κ3) is 5.38. The first-order chi connectivity index (χ1) is 10.1. The normalized spacial score (nSPS) is 15.3. The van der Waals surface area contributed by atoms with Crippen molar-refractivity contribution in [2.45, 2.75) is 26.7 Å². The number of hydrogen-bond donors (Lipinski definition) is 1. The van der Waals surface area contributed by atoms with Crippen LogP contribution in [0.25, 0.3) is 0 Å². The Labute approximate surface area is 127 Å². The summed E-state index contributed by atoms with van der Waals surface area (Å²) in [6, 6.07) is 8.63. The van der Waals surface area contributed by atoms with Gasteiger partial charge in [0.05, 0.1) is 13.2 Å². The van der Waals surface area contributed by atoms with E-state index in [1.54, 1.807) is 0 Å². The van der Waals surface area contributed by atoms with Crippen LogP contribution in [0.1, 0.15) is 25.8 Å². The maximum absolute atomic E-state index is 11.6. The van der Waals surface area contributed by atoms with Gasteiger partial charge in [-0.15, -0.1) is 0 Å². The molecule has 0 unspecified atom stereocenters. The Kier molecular flexibility index (Phi) is 6.05. The minimum absolute atomic E-state index is 0.148. The molecule has 1 heterocycles. The maximum atomic E-state index is 11.6. The molecule has 0 bridgehead atoms. The van der Waals surface area contributed by atoms with Crippen molar-refractivity contribution in [3.8, 4) is 0 Å². The van der Waals surface area contributed by atoms with Gasteiger partial charge < -0.3 is 15.0 Å². The van der Waals surface area contributed by atoms with Crippen LogP contribution in [-0.4, -0.2) is 38.8 Å². The van der Waals surface area contributed by atoms with Gasteiger partial charge in [-0.25, -0.2) is 0 Å². The van der Waals surface area contributed by atoms with Crippen molar-refractivity contribution in [2.24, 2.45) is 5.92 Å². The summed E-state index contributed by atoms with van der Waals surface area (Å²) in [6.07, 6.45) is 1.49. The maximum Gasteiger partial charge on any atom is 0.220 e. The standard InChI is InChI=1S/C17H26N2O2/c1-14(2)13-17(20)18-8-7-15-3-5-16(6-4-15)19-9-11-21-12-10-19/h3-6,14H,7-13H2,1-2H3,(H,18,20). The lowest BCUT2D eigenvalue weighted by molar-refractivity contribution is -0.121. The van der Waals surface area contributed by atoms with Crippen LogP contribution in [0, 0.1) is 5.92 Å². The number of nitrogens with zero attached hydrogens (tertiary/aromatic N) is 1. The number of amides is 1. The van der Waals surface area contributed by atoms with Crippen LogP contribution in [0.3, 0.4) is 0 Å². The van der Waals surface area contributed by atoms with E-state index in [-0.39, 0.29) is 5.91 Å². The highest BCUT2D eigenvalue weighted by atomic mass is 16.5. The minimum atomic E-state index is 0.148. The second-order valence-electron chi connectivity index (χ2n) is 5.96. The van der Waals surface area contributed by atoms with Gasteiger partial charge in [-0.05, 0) is 30.0 Å². The summed E-state index contributed by atoms with van der Waals surface area (Å²) >= 11 is 0. The highest BCUT2D eigenvalue weighted by Crippen LogP contribution is 2.16. The van der Waals surface area contributed by atoms with Crippen LogP contribution in [0.5, 0.6) is 0 Å². The number of carbonyl (C=O) groups excluding carboxylic acids is 1. The molecule has 1 N–H and O–H groups in total. The zero-order chi connectivity index (χ0) is 15.1. The summed E-state index contributed by atoms with van der Waals surface area (Å²) in [6.45, 7) is 8.37. The third-order valence-electron chi connectivity index (χ3n) is 3.64. The zero-order valence-electron chi connectivity index (χ0n) is 13.1. The van der Waals surface area contributed by atoms with E-state index in [1.165, 1.54) is 11.3 Å². The summed E-state index contributed by atoms with van der Waals surface area (Å²) in [5.41, 5.74) is 2.52. The van der Waals surface area contributed by atoms with Crippen LogP contribution in [0.2, 0.25) is 0 Å². The van der Waals surface area contributed by atoms with Crippen molar-refractivity contribution in [2.75, 3.05) is 37.7 Å². The van der Waals surface area contributed by atoms with Crippen LogP contribution in [-0.2, 0) is 16.0 Å². The minimum Gasteiger partial charge on any atom is -0.378 e. The average Bonchev–Trinajstić information content (AvgIpc) is 2.48. The molecule has 0 spiro atoms. The SMILES string of the molecule is CC(C)CC(=O)NCCc1ccc(N2CCOCC2)cc1. The lowest BCUT2D eigenvalue weighted by Crippen LogP contribution is -2.36. The predicted octanol–water partition coefficient (Wildman–Crippen LogP) is 2.23. The van der Waals surface area contributed by atoms with E-state index in [2.05, 4.69) is 48.3 Å². The van der Waals surface area contributed by atoms with Crippen molar-refractivity contribution in [1.82, 2.24) is 5.32 Å². The van der Waals surface area contributed by atoms with E-state index in [4.69, 9.17) is 4.74 Å². The van der Waals surface area contributed by atoms with Gasteiger partial charge in [-0.2, -0.15) is 0 Å². The topological polar surface area (TPSA) is 41.6 Å². The van der Waals surface area contributed by atoms with Gasteiger partial charge in [0.1, 0.15) is 0 Å². The summed E-state index contributed by atoms with van der Waals surface area (Å²) in [5, 5.41) is 2.97. The van der Waals surface area contributed by atoms with Gasteiger partial charge >= 0.3 is 0 Å². The molecule has 4 nitrogen and oxygen atoms in total. The Bertz CT molecular complexity index is 437. The van der Waals surface area contributed by atoms with Crippen molar-refractivity contribution in [3.05, 3.63) is 29.8 Å². The number of benzene rings is 1. The molecule has 21 heavy (non-hydrogen) atoms. The number of ether oxygens (including phenoxy) is 1. The van der Waals surface area contributed by atoms with Crippen LogP contribution >= 0.6 is 0 Å². The lowest BCUT2D eigenvalue weighted by Gasteiger charge is -2.28. The fraction of sp³-hybridized carbons (Fsp3) is 0.588. The van der Waals surface area contributed by atoms with Gasteiger partial charge in [0.25, 0.3) is 0 Å². The molecule has 1 aromatic carbocycles. The molecule has 1 fully saturated rings. The molecule has 4 heteroatoms. The van der Waals surface area contributed by atoms with E-state index in [9.17, 15) is 4.79 Å². The fourth-order valence-electron chi connectivity index (χ4n) is 2.48. The smallest absolute Gasteiger partial charge is 0.220 e. The predicted molar refractivity (Wildman–Crippen MR) is 85.6 cm³/mol. The van der Waals surface area contributed by atoms with E-state index < -0.39 is 0 Å². The molecule has 1 aromatic rings. The van der Waals surface area contributed by atoms with Gasteiger partial charge in [0.2, 0.25) is 5.91 Å². The van der Waals surface area contributed by atoms with Crippen LogP contribution in [0.15, 0.2) is 24.3 Å². The molecule has 0 aromatic heterocycles. The van der Waals surface area contributed by atoms with E-state index in [0.29, 0.717) is 18.9 Å². The summed E-state index contributed by atoms with van der Waals surface area (Å²) in [4.78, 5) is 13.9.